The zero-order valence-corrected chi connectivity index (χ0v) is 10.6. The van der Waals surface area contributed by atoms with Crippen LogP contribution in [0, 0.1) is 11.8 Å². The summed E-state index contributed by atoms with van der Waals surface area (Å²) < 4.78 is 0. The molecule has 17 heavy (non-hydrogen) atoms. The molecule has 0 N–H and O–H groups in total. The SMILES string of the molecule is C=C(C)C1CN(C(=O)C#CC)CCN1C(C)=O. The Labute approximate surface area is 102 Å². The summed E-state index contributed by atoms with van der Waals surface area (Å²) in [5.74, 6) is 4.96. The van der Waals surface area contributed by atoms with Crippen LogP contribution in [-0.4, -0.2) is 47.3 Å². The molecule has 92 valence electrons. The molecule has 0 aromatic heterocycles. The van der Waals surface area contributed by atoms with Crippen molar-refractivity contribution in [2.24, 2.45) is 0 Å². The Morgan fingerprint density at radius 3 is 2.41 bits per heavy atom. The van der Waals surface area contributed by atoms with E-state index in [4.69, 9.17) is 0 Å². The monoisotopic (exact) mass is 234 g/mol. The van der Waals surface area contributed by atoms with Gasteiger partial charge in [-0.25, -0.2) is 0 Å². The van der Waals surface area contributed by atoms with Crippen molar-refractivity contribution < 1.29 is 9.59 Å². The van der Waals surface area contributed by atoms with Crippen LogP contribution in [0.3, 0.4) is 0 Å². The number of nitrogens with zero attached hydrogens (tertiary/aromatic N) is 2. The van der Waals surface area contributed by atoms with E-state index in [1.807, 2.05) is 6.92 Å². The lowest BCUT2D eigenvalue weighted by Crippen LogP contribution is -2.56. The van der Waals surface area contributed by atoms with Crippen LogP contribution in [0.2, 0.25) is 0 Å². The molecule has 0 spiro atoms. The van der Waals surface area contributed by atoms with Gasteiger partial charge in [0.05, 0.1) is 6.04 Å². The Hall–Kier alpha value is -1.76. The van der Waals surface area contributed by atoms with E-state index in [2.05, 4.69) is 18.4 Å². The Balaban J connectivity index is 2.81. The van der Waals surface area contributed by atoms with Crippen LogP contribution in [0.5, 0.6) is 0 Å². The zero-order valence-electron chi connectivity index (χ0n) is 10.6. The minimum absolute atomic E-state index is 0.0201. The molecule has 1 aliphatic rings. The van der Waals surface area contributed by atoms with E-state index in [-0.39, 0.29) is 17.9 Å². The molecule has 0 bridgehead atoms. The van der Waals surface area contributed by atoms with Crippen LogP contribution in [0.1, 0.15) is 20.8 Å². The highest BCUT2D eigenvalue weighted by Gasteiger charge is 2.30. The molecule has 1 unspecified atom stereocenters. The molecule has 0 aliphatic carbocycles. The smallest absolute Gasteiger partial charge is 0.298 e. The van der Waals surface area contributed by atoms with Crippen LogP contribution < -0.4 is 0 Å². The highest BCUT2D eigenvalue weighted by atomic mass is 16.2. The molecule has 1 atom stereocenters. The van der Waals surface area contributed by atoms with Crippen molar-refractivity contribution in [2.75, 3.05) is 19.6 Å². The minimum Gasteiger partial charge on any atom is -0.333 e. The first-order valence-electron chi connectivity index (χ1n) is 5.61. The second-order valence-corrected chi connectivity index (χ2v) is 4.20. The molecular weight excluding hydrogens is 216 g/mol. The molecule has 1 saturated heterocycles. The molecule has 4 nitrogen and oxygen atoms in total. The van der Waals surface area contributed by atoms with Gasteiger partial charge in [0.15, 0.2) is 0 Å². The van der Waals surface area contributed by atoms with Gasteiger partial charge >= 0.3 is 0 Å². The highest BCUT2D eigenvalue weighted by molar-refractivity contribution is 5.93. The number of carbonyl (C=O) groups is 2. The summed E-state index contributed by atoms with van der Waals surface area (Å²) in [5.41, 5.74) is 0.891. The number of rotatable bonds is 1. The number of piperazine rings is 1. The molecule has 1 aliphatic heterocycles. The van der Waals surface area contributed by atoms with Crippen molar-refractivity contribution in [1.82, 2.24) is 9.80 Å². The average molecular weight is 234 g/mol. The maximum Gasteiger partial charge on any atom is 0.298 e. The first-order valence-corrected chi connectivity index (χ1v) is 5.61. The Morgan fingerprint density at radius 1 is 1.29 bits per heavy atom. The quantitative estimate of drug-likeness (QED) is 0.493. The van der Waals surface area contributed by atoms with Gasteiger partial charge in [-0.3, -0.25) is 9.59 Å². The minimum atomic E-state index is -0.179. The van der Waals surface area contributed by atoms with Crippen LogP contribution in [0.25, 0.3) is 0 Å². The maximum atomic E-state index is 11.7. The van der Waals surface area contributed by atoms with Crippen molar-refractivity contribution >= 4 is 11.8 Å². The van der Waals surface area contributed by atoms with Crippen molar-refractivity contribution in [1.29, 1.82) is 0 Å². The van der Waals surface area contributed by atoms with Gasteiger partial charge in [-0.15, -0.1) is 0 Å². The number of amides is 2. The summed E-state index contributed by atoms with van der Waals surface area (Å²) in [4.78, 5) is 26.6. The molecule has 4 heteroatoms. The number of carbonyl (C=O) groups excluding carboxylic acids is 2. The normalized spacial score (nSPS) is 19.4. The first-order chi connectivity index (χ1) is 7.97. The van der Waals surface area contributed by atoms with Gasteiger partial charge in [0.1, 0.15) is 0 Å². The second kappa shape index (κ2) is 5.53. The van der Waals surface area contributed by atoms with E-state index >= 15 is 0 Å². The van der Waals surface area contributed by atoms with Crippen LogP contribution in [0.4, 0.5) is 0 Å². The fraction of sp³-hybridized carbons (Fsp3) is 0.538. The highest BCUT2D eigenvalue weighted by Crippen LogP contribution is 2.16. The lowest BCUT2D eigenvalue weighted by molar-refractivity contribution is -0.137. The maximum absolute atomic E-state index is 11.7. The molecule has 0 radical (unpaired) electrons. The Bertz CT molecular complexity index is 403. The zero-order chi connectivity index (χ0) is 13.0. The number of hydrogen-bond donors (Lipinski definition) is 0. The van der Waals surface area contributed by atoms with Crippen molar-refractivity contribution in [3.05, 3.63) is 12.2 Å². The molecular formula is C13H18N2O2. The average Bonchev–Trinajstić information content (AvgIpc) is 2.28. The van der Waals surface area contributed by atoms with E-state index in [0.717, 1.165) is 5.57 Å². The van der Waals surface area contributed by atoms with Crippen molar-refractivity contribution in [3.63, 3.8) is 0 Å². The van der Waals surface area contributed by atoms with Gasteiger partial charge in [-0.05, 0) is 19.8 Å². The van der Waals surface area contributed by atoms with E-state index < -0.39 is 0 Å². The van der Waals surface area contributed by atoms with Gasteiger partial charge in [-0.1, -0.05) is 18.1 Å². The summed E-state index contributed by atoms with van der Waals surface area (Å²) >= 11 is 0. The molecule has 1 fully saturated rings. The largest absolute Gasteiger partial charge is 0.333 e. The summed E-state index contributed by atoms with van der Waals surface area (Å²) in [6.45, 7) is 10.5. The third-order valence-corrected chi connectivity index (χ3v) is 2.87. The molecule has 0 aromatic carbocycles. The van der Waals surface area contributed by atoms with Crippen LogP contribution >= 0.6 is 0 Å². The van der Waals surface area contributed by atoms with Gasteiger partial charge in [0, 0.05) is 26.6 Å². The van der Waals surface area contributed by atoms with Gasteiger partial charge in [-0.2, -0.15) is 0 Å². The van der Waals surface area contributed by atoms with E-state index in [1.165, 1.54) is 0 Å². The molecule has 0 aromatic rings. The summed E-state index contributed by atoms with van der Waals surface area (Å²) in [6, 6.07) is -0.0937. The van der Waals surface area contributed by atoms with Crippen molar-refractivity contribution in [3.8, 4) is 11.8 Å². The van der Waals surface area contributed by atoms with Crippen molar-refractivity contribution in [2.45, 2.75) is 26.8 Å². The van der Waals surface area contributed by atoms with E-state index in [0.29, 0.717) is 19.6 Å². The standard InChI is InChI=1S/C13H18N2O2/c1-5-6-13(17)14-7-8-15(11(4)16)12(9-14)10(2)3/h12H,2,7-9H2,1,3-4H3. The summed E-state index contributed by atoms with van der Waals surface area (Å²) in [5, 5.41) is 0. The molecule has 1 heterocycles. The number of hydrogen-bond acceptors (Lipinski definition) is 2. The van der Waals surface area contributed by atoms with Gasteiger partial charge in [0.25, 0.3) is 5.91 Å². The molecule has 0 saturated carbocycles. The predicted octanol–water partition coefficient (Wildman–Crippen LogP) is 0.645. The van der Waals surface area contributed by atoms with Crippen LogP contribution in [0.15, 0.2) is 12.2 Å². The third-order valence-electron chi connectivity index (χ3n) is 2.87. The van der Waals surface area contributed by atoms with E-state index in [1.54, 1.807) is 23.6 Å². The lowest BCUT2D eigenvalue weighted by atomic mass is 10.1. The predicted molar refractivity (Wildman–Crippen MR) is 66.0 cm³/mol. The second-order valence-electron chi connectivity index (χ2n) is 4.20. The summed E-state index contributed by atoms with van der Waals surface area (Å²) in [6.07, 6.45) is 0. The third kappa shape index (κ3) is 3.10. The fourth-order valence-electron chi connectivity index (χ4n) is 1.95. The van der Waals surface area contributed by atoms with Gasteiger partial charge in [0.2, 0.25) is 5.91 Å². The topological polar surface area (TPSA) is 40.6 Å². The fourth-order valence-corrected chi connectivity index (χ4v) is 1.95. The first kappa shape index (κ1) is 13.3. The molecule has 2 amide bonds. The lowest BCUT2D eigenvalue weighted by Gasteiger charge is -2.40. The Kier molecular flexibility index (Phi) is 4.33. The summed E-state index contributed by atoms with van der Waals surface area (Å²) in [7, 11) is 0. The Morgan fingerprint density at radius 2 is 1.94 bits per heavy atom. The molecule has 1 rings (SSSR count). The van der Waals surface area contributed by atoms with Gasteiger partial charge < -0.3 is 9.80 Å². The van der Waals surface area contributed by atoms with E-state index in [9.17, 15) is 9.59 Å². The van der Waals surface area contributed by atoms with Crippen LogP contribution in [-0.2, 0) is 9.59 Å².